The summed E-state index contributed by atoms with van der Waals surface area (Å²) in [7, 11) is -3.87. The molecule has 0 aliphatic heterocycles. The lowest BCUT2D eigenvalue weighted by Crippen LogP contribution is -2.36. The molecule has 1 unspecified atom stereocenters. The van der Waals surface area contributed by atoms with Crippen LogP contribution in [0.5, 0.6) is 0 Å². The van der Waals surface area contributed by atoms with Crippen molar-refractivity contribution in [3.63, 3.8) is 0 Å². The number of hydrogen-bond acceptors (Lipinski definition) is 3. The van der Waals surface area contributed by atoms with Gasteiger partial charge in [-0.05, 0) is 49.2 Å². The summed E-state index contributed by atoms with van der Waals surface area (Å²) in [5, 5.41) is -0.813. The third-order valence-corrected chi connectivity index (χ3v) is 3.98. The van der Waals surface area contributed by atoms with Crippen molar-refractivity contribution in [2.75, 3.05) is 0 Å². The van der Waals surface area contributed by atoms with Crippen molar-refractivity contribution >= 4 is 26.9 Å². The van der Waals surface area contributed by atoms with Crippen LogP contribution in [0.4, 0.5) is 4.39 Å². The molecule has 0 saturated carbocycles. The highest BCUT2D eigenvalue weighted by atomic mass is 35.5. The maximum atomic E-state index is 13.0. The second kappa shape index (κ2) is 5.12. The summed E-state index contributed by atoms with van der Waals surface area (Å²) < 4.78 is 38.6. The van der Waals surface area contributed by atoms with Gasteiger partial charge in [-0.15, -0.1) is 0 Å². The van der Waals surface area contributed by atoms with Gasteiger partial charge in [-0.3, -0.25) is 4.79 Å². The number of benzene rings is 1. The molecule has 1 rings (SSSR count). The van der Waals surface area contributed by atoms with Gasteiger partial charge in [0.05, 0.1) is 10.9 Å². The van der Waals surface area contributed by atoms with Gasteiger partial charge in [0.1, 0.15) is 5.82 Å². The van der Waals surface area contributed by atoms with Crippen LogP contribution in [0, 0.1) is 12.7 Å². The molecule has 0 aromatic heterocycles. The van der Waals surface area contributed by atoms with E-state index in [1.165, 1.54) is 19.9 Å². The summed E-state index contributed by atoms with van der Waals surface area (Å²) >= 11 is 5.15. The summed E-state index contributed by atoms with van der Waals surface area (Å²) in [5.41, 5.74) is 0.206. The van der Waals surface area contributed by atoms with Gasteiger partial charge in [0.15, 0.2) is 0 Å². The fourth-order valence-corrected chi connectivity index (χ4v) is 2.54. The Bertz CT molecular complexity index is 544. The van der Waals surface area contributed by atoms with Crippen molar-refractivity contribution in [3.8, 4) is 0 Å². The first-order valence-corrected chi connectivity index (χ1v) is 6.58. The summed E-state index contributed by atoms with van der Waals surface area (Å²) in [6.07, 6.45) is 0. The standard InChI is InChI=1S/C10H11ClFNO3S/c1-6-5-8(3-4-9(6)12)17(15,16)13-7(2)10(11)14/h3-5,7,13H,1-2H3. The van der Waals surface area contributed by atoms with E-state index in [-0.39, 0.29) is 10.5 Å². The second-order valence-electron chi connectivity index (χ2n) is 3.56. The molecule has 1 aromatic rings. The first kappa shape index (κ1) is 14.1. The van der Waals surface area contributed by atoms with Gasteiger partial charge in [-0.2, -0.15) is 4.72 Å². The van der Waals surface area contributed by atoms with Crippen LogP contribution in [0.15, 0.2) is 23.1 Å². The molecule has 17 heavy (non-hydrogen) atoms. The topological polar surface area (TPSA) is 63.2 Å². The molecule has 0 bridgehead atoms. The number of carbonyl (C=O) groups is 1. The minimum absolute atomic E-state index is 0.110. The van der Waals surface area contributed by atoms with Gasteiger partial charge in [0, 0.05) is 0 Å². The van der Waals surface area contributed by atoms with E-state index < -0.39 is 27.1 Å². The van der Waals surface area contributed by atoms with E-state index >= 15 is 0 Å². The molecule has 0 aliphatic carbocycles. The van der Waals surface area contributed by atoms with Crippen molar-refractivity contribution in [3.05, 3.63) is 29.6 Å². The van der Waals surface area contributed by atoms with Gasteiger partial charge >= 0.3 is 0 Å². The number of aryl methyl sites for hydroxylation is 1. The smallest absolute Gasteiger partial charge is 0.241 e. The van der Waals surface area contributed by atoms with E-state index in [0.29, 0.717) is 0 Å². The molecule has 0 fully saturated rings. The van der Waals surface area contributed by atoms with Crippen LogP contribution in [0.3, 0.4) is 0 Å². The van der Waals surface area contributed by atoms with Crippen LogP contribution < -0.4 is 4.72 Å². The van der Waals surface area contributed by atoms with Crippen LogP contribution in [-0.4, -0.2) is 19.7 Å². The molecule has 0 spiro atoms. The molecule has 1 N–H and O–H groups in total. The number of sulfonamides is 1. The highest BCUT2D eigenvalue weighted by Crippen LogP contribution is 2.14. The molecule has 1 atom stereocenters. The monoisotopic (exact) mass is 279 g/mol. The van der Waals surface area contributed by atoms with Crippen LogP contribution in [0.2, 0.25) is 0 Å². The molecule has 0 heterocycles. The largest absolute Gasteiger partial charge is 0.279 e. The summed E-state index contributed by atoms with van der Waals surface area (Å²) in [6, 6.07) is 2.32. The zero-order valence-corrected chi connectivity index (χ0v) is 10.8. The predicted molar refractivity (Wildman–Crippen MR) is 61.8 cm³/mol. The molecule has 0 amide bonds. The lowest BCUT2D eigenvalue weighted by molar-refractivity contribution is -0.112. The van der Waals surface area contributed by atoms with E-state index in [1.807, 2.05) is 0 Å². The Labute approximate surface area is 104 Å². The van der Waals surface area contributed by atoms with Gasteiger partial charge in [0.25, 0.3) is 0 Å². The highest BCUT2D eigenvalue weighted by Gasteiger charge is 2.21. The van der Waals surface area contributed by atoms with Crippen LogP contribution in [0.1, 0.15) is 12.5 Å². The number of hydrogen-bond donors (Lipinski definition) is 1. The van der Waals surface area contributed by atoms with E-state index in [4.69, 9.17) is 11.6 Å². The first-order chi connectivity index (χ1) is 7.74. The number of halogens is 2. The van der Waals surface area contributed by atoms with Crippen LogP contribution in [-0.2, 0) is 14.8 Å². The summed E-state index contributed by atoms with van der Waals surface area (Å²) in [4.78, 5) is 10.6. The fraction of sp³-hybridized carbons (Fsp3) is 0.300. The molecule has 1 aromatic carbocycles. The van der Waals surface area contributed by atoms with Crippen molar-refractivity contribution in [2.24, 2.45) is 0 Å². The molecular formula is C10H11ClFNO3S. The molecule has 7 heteroatoms. The Morgan fingerprint density at radius 2 is 2.06 bits per heavy atom. The Morgan fingerprint density at radius 3 is 2.53 bits per heavy atom. The Kier molecular flexibility index (Phi) is 4.24. The number of carbonyl (C=O) groups excluding carboxylic acids is 1. The normalized spacial score (nSPS) is 13.4. The van der Waals surface area contributed by atoms with E-state index in [1.54, 1.807) is 0 Å². The average Bonchev–Trinajstić information content (AvgIpc) is 2.21. The van der Waals surface area contributed by atoms with Gasteiger partial charge in [-0.1, -0.05) is 0 Å². The Morgan fingerprint density at radius 1 is 1.47 bits per heavy atom. The van der Waals surface area contributed by atoms with Gasteiger partial charge in [-0.25, -0.2) is 12.8 Å². The minimum atomic E-state index is -3.87. The lowest BCUT2D eigenvalue weighted by atomic mass is 10.2. The summed E-state index contributed by atoms with van der Waals surface area (Å²) in [6.45, 7) is 2.77. The van der Waals surface area contributed by atoms with Crippen molar-refractivity contribution in [2.45, 2.75) is 24.8 Å². The zero-order valence-electron chi connectivity index (χ0n) is 9.20. The van der Waals surface area contributed by atoms with Gasteiger partial charge < -0.3 is 0 Å². The fourth-order valence-electron chi connectivity index (χ4n) is 1.13. The Hall–Kier alpha value is -0.980. The molecule has 0 aliphatic rings. The van der Waals surface area contributed by atoms with E-state index in [9.17, 15) is 17.6 Å². The zero-order chi connectivity index (χ0) is 13.2. The minimum Gasteiger partial charge on any atom is -0.279 e. The van der Waals surface area contributed by atoms with Crippen LogP contribution >= 0.6 is 11.6 Å². The molecule has 94 valence electrons. The maximum absolute atomic E-state index is 13.0. The van der Waals surface area contributed by atoms with E-state index in [2.05, 4.69) is 4.72 Å². The highest BCUT2D eigenvalue weighted by molar-refractivity contribution is 7.89. The first-order valence-electron chi connectivity index (χ1n) is 4.72. The van der Waals surface area contributed by atoms with E-state index in [0.717, 1.165) is 12.1 Å². The number of rotatable bonds is 4. The quantitative estimate of drug-likeness (QED) is 0.851. The average molecular weight is 280 g/mol. The molecular weight excluding hydrogens is 269 g/mol. The molecule has 0 saturated heterocycles. The Balaban J connectivity index is 3.05. The van der Waals surface area contributed by atoms with Crippen molar-refractivity contribution in [1.82, 2.24) is 4.72 Å². The third-order valence-electron chi connectivity index (χ3n) is 2.11. The third kappa shape index (κ3) is 3.49. The van der Waals surface area contributed by atoms with Crippen molar-refractivity contribution in [1.29, 1.82) is 0 Å². The summed E-state index contributed by atoms with van der Waals surface area (Å²) in [5.74, 6) is -0.495. The maximum Gasteiger partial charge on any atom is 0.241 e. The molecule has 0 radical (unpaired) electrons. The SMILES string of the molecule is Cc1cc(S(=O)(=O)NC(C)C(=O)Cl)ccc1F. The molecule has 4 nitrogen and oxygen atoms in total. The predicted octanol–water partition coefficient (Wildman–Crippen LogP) is 1.57. The van der Waals surface area contributed by atoms with Crippen molar-refractivity contribution < 1.29 is 17.6 Å². The number of nitrogens with one attached hydrogen (secondary N) is 1. The van der Waals surface area contributed by atoms with Gasteiger partial charge in [0.2, 0.25) is 15.3 Å². The van der Waals surface area contributed by atoms with Crippen LogP contribution in [0.25, 0.3) is 0 Å². The lowest BCUT2D eigenvalue weighted by Gasteiger charge is -2.10. The second-order valence-corrected chi connectivity index (χ2v) is 5.64.